The predicted molar refractivity (Wildman–Crippen MR) is 112 cm³/mol. The average Bonchev–Trinajstić information content (AvgIpc) is 3.05. The zero-order chi connectivity index (χ0) is 20.1. The van der Waals surface area contributed by atoms with Gasteiger partial charge in [0.1, 0.15) is 5.75 Å². The second-order valence-corrected chi connectivity index (χ2v) is 10.0. The lowest BCUT2D eigenvalue weighted by Gasteiger charge is -2.16. The molecule has 9 heteroatoms. The van der Waals surface area contributed by atoms with E-state index >= 15 is 0 Å². The van der Waals surface area contributed by atoms with Gasteiger partial charge >= 0.3 is 0 Å². The van der Waals surface area contributed by atoms with E-state index in [1.54, 1.807) is 36.4 Å². The molecule has 2 heterocycles. The molecule has 0 saturated heterocycles. The van der Waals surface area contributed by atoms with E-state index < -0.39 is 9.84 Å². The van der Waals surface area contributed by atoms with Crippen LogP contribution in [0.5, 0.6) is 5.75 Å². The highest BCUT2D eigenvalue weighted by Crippen LogP contribution is 2.44. The van der Waals surface area contributed by atoms with E-state index in [1.165, 1.54) is 24.5 Å². The minimum Gasteiger partial charge on any atom is -0.495 e. The Bertz CT molecular complexity index is 1220. The quantitative estimate of drug-likeness (QED) is 0.585. The first kappa shape index (κ1) is 19.3. The number of fused-ring (bicyclic) bond motifs is 3. The number of rotatable bonds is 3. The van der Waals surface area contributed by atoms with Gasteiger partial charge in [-0.05, 0) is 42.0 Å². The second kappa shape index (κ2) is 7.08. The van der Waals surface area contributed by atoms with Crippen LogP contribution >= 0.6 is 34.5 Å². The third-order valence-electron chi connectivity index (χ3n) is 4.31. The van der Waals surface area contributed by atoms with Crippen LogP contribution in [-0.2, 0) is 15.6 Å². The van der Waals surface area contributed by atoms with Gasteiger partial charge in [-0.2, -0.15) is 0 Å². The number of carbonyl (C=O) groups excluding carboxylic acids is 1. The Morgan fingerprint density at radius 2 is 1.82 bits per heavy atom. The number of nitrogens with one attached hydrogen (secondary N) is 1. The van der Waals surface area contributed by atoms with Crippen molar-refractivity contribution in [1.29, 1.82) is 0 Å². The van der Waals surface area contributed by atoms with Crippen molar-refractivity contribution in [3.05, 3.63) is 63.0 Å². The summed E-state index contributed by atoms with van der Waals surface area (Å²) in [7, 11) is -2.02. The van der Waals surface area contributed by atoms with Crippen LogP contribution in [0.3, 0.4) is 0 Å². The highest BCUT2D eigenvalue weighted by Gasteiger charge is 2.31. The predicted octanol–water partition coefficient (Wildman–Crippen LogP) is 5.27. The molecule has 1 aliphatic rings. The maximum Gasteiger partial charge on any atom is 0.265 e. The summed E-state index contributed by atoms with van der Waals surface area (Å²) in [5, 5.41) is 3.58. The Hall–Kier alpha value is -2.06. The first-order chi connectivity index (χ1) is 13.3. The van der Waals surface area contributed by atoms with Crippen LogP contribution in [0.4, 0.5) is 5.69 Å². The molecule has 0 atom stereocenters. The lowest BCUT2D eigenvalue weighted by Crippen LogP contribution is -2.12. The molecule has 0 spiro atoms. The fourth-order valence-electron chi connectivity index (χ4n) is 3.06. The monoisotopic (exact) mass is 453 g/mol. The zero-order valence-electron chi connectivity index (χ0n) is 14.5. The fourth-order valence-corrected chi connectivity index (χ4v) is 6.35. The van der Waals surface area contributed by atoms with Gasteiger partial charge in [0.15, 0.2) is 9.84 Å². The minimum absolute atomic E-state index is 0.167. The number of hydrogen-bond donors (Lipinski definition) is 1. The van der Waals surface area contributed by atoms with Crippen molar-refractivity contribution in [1.82, 2.24) is 0 Å². The third-order valence-corrected chi connectivity index (χ3v) is 7.69. The molecule has 0 aliphatic carbocycles. The maximum atomic E-state index is 12.8. The summed E-state index contributed by atoms with van der Waals surface area (Å²) in [4.78, 5) is 14.1. The van der Waals surface area contributed by atoms with E-state index in [0.29, 0.717) is 37.5 Å². The van der Waals surface area contributed by atoms with Crippen LogP contribution < -0.4 is 10.1 Å². The van der Waals surface area contributed by atoms with Crippen LogP contribution in [0.1, 0.15) is 15.2 Å². The van der Waals surface area contributed by atoms with Crippen LogP contribution in [0, 0.1) is 0 Å². The number of thiophene rings is 1. The number of ether oxygens (including phenoxy) is 1. The largest absolute Gasteiger partial charge is 0.495 e. The van der Waals surface area contributed by atoms with E-state index in [-0.39, 0.29) is 16.6 Å². The number of methoxy groups -OCH3 is 1. The number of sulfone groups is 1. The van der Waals surface area contributed by atoms with Crippen LogP contribution in [-0.4, -0.2) is 21.4 Å². The zero-order valence-corrected chi connectivity index (χ0v) is 17.6. The summed E-state index contributed by atoms with van der Waals surface area (Å²) in [6.45, 7) is 0. The van der Waals surface area contributed by atoms with Crippen LogP contribution in [0.25, 0.3) is 10.4 Å². The van der Waals surface area contributed by atoms with E-state index in [4.69, 9.17) is 27.9 Å². The Balaban J connectivity index is 1.73. The second-order valence-electron chi connectivity index (χ2n) is 6.16. The number of carbonyl (C=O) groups is 1. The molecule has 1 amide bonds. The molecule has 4 rings (SSSR count). The minimum atomic E-state index is -3.51. The molecule has 0 saturated carbocycles. The first-order valence-corrected chi connectivity index (χ1v) is 11.3. The average molecular weight is 454 g/mol. The summed E-state index contributed by atoms with van der Waals surface area (Å²) in [5.74, 6) is -0.0607. The highest BCUT2D eigenvalue weighted by atomic mass is 35.5. The van der Waals surface area contributed by atoms with E-state index in [9.17, 15) is 13.2 Å². The van der Waals surface area contributed by atoms with Gasteiger partial charge in [-0.15, -0.1) is 11.3 Å². The highest BCUT2D eigenvalue weighted by molar-refractivity contribution is 7.91. The first-order valence-electron chi connectivity index (χ1n) is 8.09. The van der Waals surface area contributed by atoms with Crippen molar-refractivity contribution in [2.45, 2.75) is 10.6 Å². The molecule has 1 N–H and O–H groups in total. The molecule has 0 unspecified atom stereocenters. The summed E-state index contributed by atoms with van der Waals surface area (Å²) in [5.41, 5.74) is 1.60. The Morgan fingerprint density at radius 3 is 2.57 bits per heavy atom. The SMILES string of the molecule is COc1ccc(Cl)cc1NC(=O)c1cc2c(s1)-c1ccc(Cl)cc1S(=O)(=O)C2. The van der Waals surface area contributed by atoms with Gasteiger partial charge in [0, 0.05) is 20.5 Å². The molecule has 3 aromatic rings. The molecule has 0 radical (unpaired) electrons. The maximum absolute atomic E-state index is 12.8. The Kier molecular flexibility index (Phi) is 4.87. The topological polar surface area (TPSA) is 72.5 Å². The van der Waals surface area contributed by atoms with Gasteiger partial charge in [-0.25, -0.2) is 8.42 Å². The fraction of sp³-hybridized carbons (Fsp3) is 0.105. The number of hydrogen-bond acceptors (Lipinski definition) is 5. The van der Waals surface area contributed by atoms with Crippen molar-refractivity contribution in [2.75, 3.05) is 12.4 Å². The van der Waals surface area contributed by atoms with Crippen molar-refractivity contribution in [3.8, 4) is 16.2 Å². The van der Waals surface area contributed by atoms with Gasteiger partial charge in [0.05, 0.1) is 28.3 Å². The lowest BCUT2D eigenvalue weighted by molar-refractivity contribution is 0.103. The molecule has 2 aromatic carbocycles. The standard InChI is InChI=1S/C19H13Cl2NO4S2/c1-26-15-5-3-11(20)7-14(15)22-19(23)16-6-10-9-28(24,25)17-8-12(21)2-4-13(17)18(10)27-16/h2-8H,9H2,1H3,(H,22,23). The van der Waals surface area contributed by atoms with Crippen LogP contribution in [0.2, 0.25) is 10.0 Å². The van der Waals surface area contributed by atoms with Crippen molar-refractivity contribution in [2.24, 2.45) is 0 Å². The Labute approximate surface area is 175 Å². The summed E-state index contributed by atoms with van der Waals surface area (Å²) < 4.78 is 30.4. The molecule has 144 valence electrons. The van der Waals surface area contributed by atoms with E-state index in [0.717, 1.165) is 4.88 Å². The molecule has 1 aliphatic heterocycles. The van der Waals surface area contributed by atoms with Crippen molar-refractivity contribution >= 4 is 56.0 Å². The number of halogens is 2. The van der Waals surface area contributed by atoms with Gasteiger partial charge in [0.2, 0.25) is 0 Å². The van der Waals surface area contributed by atoms with Crippen molar-refractivity contribution in [3.63, 3.8) is 0 Å². The third kappa shape index (κ3) is 3.39. The molecule has 0 bridgehead atoms. The van der Waals surface area contributed by atoms with Gasteiger partial charge in [-0.3, -0.25) is 4.79 Å². The molecular formula is C19H13Cl2NO4S2. The lowest BCUT2D eigenvalue weighted by atomic mass is 10.1. The number of amides is 1. The molecule has 1 aromatic heterocycles. The van der Waals surface area contributed by atoms with Gasteiger partial charge < -0.3 is 10.1 Å². The molecular weight excluding hydrogens is 441 g/mol. The summed E-state index contributed by atoms with van der Waals surface area (Å²) in [6.07, 6.45) is 0. The summed E-state index contributed by atoms with van der Waals surface area (Å²) in [6, 6.07) is 11.3. The van der Waals surface area contributed by atoms with Crippen molar-refractivity contribution < 1.29 is 17.9 Å². The normalized spacial score (nSPS) is 14.1. The number of benzene rings is 2. The Morgan fingerprint density at radius 1 is 1.11 bits per heavy atom. The number of anilines is 1. The van der Waals surface area contributed by atoms with E-state index in [2.05, 4.69) is 5.32 Å². The van der Waals surface area contributed by atoms with E-state index in [1.807, 2.05) is 0 Å². The van der Waals surface area contributed by atoms with Gasteiger partial charge in [0.25, 0.3) is 5.91 Å². The molecule has 0 fully saturated rings. The smallest absolute Gasteiger partial charge is 0.265 e. The summed E-state index contributed by atoms with van der Waals surface area (Å²) >= 11 is 13.2. The van der Waals surface area contributed by atoms with Gasteiger partial charge in [-0.1, -0.05) is 29.3 Å². The van der Waals surface area contributed by atoms with Crippen LogP contribution in [0.15, 0.2) is 47.4 Å². The molecule has 5 nitrogen and oxygen atoms in total. The molecule has 28 heavy (non-hydrogen) atoms.